The number of hydrogen-bond acceptors (Lipinski definition) is 9. The SMILES string of the molecule is CCOC(=O)c1sc(NC(=O)Cn2c(-n3nc(C)cc3C)nc(C)c(CC)c2=O)c(C(=O)OCC)c1C. The van der Waals surface area contributed by atoms with Crippen molar-refractivity contribution in [1.29, 1.82) is 0 Å². The van der Waals surface area contributed by atoms with Gasteiger partial charge in [0, 0.05) is 11.3 Å². The van der Waals surface area contributed by atoms with Gasteiger partial charge in [-0.1, -0.05) is 6.92 Å². The number of anilines is 1. The highest BCUT2D eigenvalue weighted by Crippen LogP contribution is 2.34. The molecule has 3 aromatic heterocycles. The smallest absolute Gasteiger partial charge is 0.348 e. The molecule has 0 aromatic carbocycles. The normalized spacial score (nSPS) is 10.9. The van der Waals surface area contributed by atoms with Crippen molar-refractivity contribution in [2.24, 2.45) is 0 Å². The van der Waals surface area contributed by atoms with Crippen LogP contribution in [-0.2, 0) is 27.2 Å². The second-order valence-corrected chi connectivity index (χ2v) is 9.33. The molecule has 37 heavy (non-hydrogen) atoms. The van der Waals surface area contributed by atoms with Gasteiger partial charge in [0.2, 0.25) is 11.9 Å². The fourth-order valence-corrected chi connectivity index (χ4v) is 5.09. The van der Waals surface area contributed by atoms with Crippen LogP contribution < -0.4 is 10.9 Å². The minimum absolute atomic E-state index is 0.0747. The van der Waals surface area contributed by atoms with Crippen molar-refractivity contribution in [3.8, 4) is 5.95 Å². The molecule has 0 saturated carbocycles. The average Bonchev–Trinajstić information content (AvgIpc) is 3.33. The van der Waals surface area contributed by atoms with E-state index in [1.54, 1.807) is 27.7 Å². The molecule has 11 nitrogen and oxygen atoms in total. The lowest BCUT2D eigenvalue weighted by Crippen LogP contribution is -2.34. The van der Waals surface area contributed by atoms with Gasteiger partial charge < -0.3 is 14.8 Å². The first-order chi connectivity index (χ1) is 17.5. The molecule has 0 aliphatic carbocycles. The summed E-state index contributed by atoms with van der Waals surface area (Å²) < 4.78 is 13.0. The fraction of sp³-hybridized carbons (Fsp3) is 0.440. The number of ether oxygens (including phenoxy) is 2. The Bertz CT molecular complexity index is 1420. The van der Waals surface area contributed by atoms with Crippen LogP contribution in [0.25, 0.3) is 5.95 Å². The maximum atomic E-state index is 13.4. The van der Waals surface area contributed by atoms with E-state index in [2.05, 4.69) is 15.4 Å². The van der Waals surface area contributed by atoms with Crippen molar-refractivity contribution < 1.29 is 23.9 Å². The van der Waals surface area contributed by atoms with Gasteiger partial charge in [-0.15, -0.1) is 11.3 Å². The molecule has 0 fully saturated rings. The Kier molecular flexibility index (Phi) is 8.64. The molecule has 0 aliphatic heterocycles. The molecular weight excluding hydrogens is 498 g/mol. The lowest BCUT2D eigenvalue weighted by atomic mass is 10.1. The highest BCUT2D eigenvalue weighted by Gasteiger charge is 2.28. The first-order valence-corrected chi connectivity index (χ1v) is 12.8. The Hall–Kier alpha value is -3.80. The van der Waals surface area contributed by atoms with Crippen LogP contribution in [0.4, 0.5) is 5.00 Å². The topological polar surface area (TPSA) is 134 Å². The van der Waals surface area contributed by atoms with Crippen molar-refractivity contribution in [1.82, 2.24) is 19.3 Å². The third kappa shape index (κ3) is 5.63. The molecule has 1 amide bonds. The summed E-state index contributed by atoms with van der Waals surface area (Å²) in [5.41, 5.74) is 2.60. The Labute approximate surface area is 218 Å². The van der Waals surface area contributed by atoms with Gasteiger partial charge in [-0.05, 0) is 59.6 Å². The number of hydrogen-bond donors (Lipinski definition) is 1. The van der Waals surface area contributed by atoms with Gasteiger partial charge in [-0.2, -0.15) is 5.10 Å². The molecule has 1 N–H and O–H groups in total. The van der Waals surface area contributed by atoms with Gasteiger partial charge >= 0.3 is 11.9 Å². The third-order valence-electron chi connectivity index (χ3n) is 5.64. The van der Waals surface area contributed by atoms with Crippen LogP contribution in [0.2, 0.25) is 0 Å². The molecule has 12 heteroatoms. The van der Waals surface area contributed by atoms with Gasteiger partial charge in [-0.3, -0.25) is 14.2 Å². The minimum atomic E-state index is -0.673. The third-order valence-corrected chi connectivity index (χ3v) is 6.83. The van der Waals surface area contributed by atoms with E-state index in [0.717, 1.165) is 22.7 Å². The quantitative estimate of drug-likeness (QED) is 0.417. The van der Waals surface area contributed by atoms with Gasteiger partial charge in [0.1, 0.15) is 16.4 Å². The number of nitrogens with zero attached hydrogens (tertiary/aromatic N) is 4. The molecular formula is C25H31N5O6S. The Morgan fingerprint density at radius 2 is 1.68 bits per heavy atom. The molecule has 0 atom stereocenters. The maximum absolute atomic E-state index is 13.4. The highest BCUT2D eigenvalue weighted by molar-refractivity contribution is 7.18. The second kappa shape index (κ2) is 11.5. The predicted octanol–water partition coefficient (Wildman–Crippen LogP) is 3.28. The van der Waals surface area contributed by atoms with Crippen LogP contribution in [0.1, 0.15) is 69.0 Å². The Morgan fingerprint density at radius 1 is 1.03 bits per heavy atom. The van der Waals surface area contributed by atoms with Gasteiger partial charge in [0.25, 0.3) is 5.56 Å². The van der Waals surface area contributed by atoms with Crippen LogP contribution in [0.15, 0.2) is 10.9 Å². The number of thiophene rings is 1. The summed E-state index contributed by atoms with van der Waals surface area (Å²) in [6, 6.07) is 1.84. The predicted molar refractivity (Wildman–Crippen MR) is 139 cm³/mol. The minimum Gasteiger partial charge on any atom is -0.462 e. The molecule has 3 heterocycles. The second-order valence-electron chi connectivity index (χ2n) is 8.31. The number of aromatic nitrogens is 4. The van der Waals surface area contributed by atoms with E-state index in [0.29, 0.717) is 23.2 Å². The first-order valence-electron chi connectivity index (χ1n) is 11.9. The number of rotatable bonds is 9. The van der Waals surface area contributed by atoms with E-state index >= 15 is 0 Å². The molecule has 3 rings (SSSR count). The molecule has 3 aromatic rings. The van der Waals surface area contributed by atoms with Crippen LogP contribution in [0, 0.1) is 27.7 Å². The van der Waals surface area contributed by atoms with Gasteiger partial charge in [-0.25, -0.2) is 19.3 Å². The van der Waals surface area contributed by atoms with Crippen molar-refractivity contribution in [2.45, 2.75) is 61.4 Å². The Balaban J connectivity index is 2.06. The standard InChI is InChI=1S/C25H31N5O6S/c1-8-17-16(7)26-25(30-14(5)11-13(4)28-30)29(22(17)32)12-18(31)27-21-19(23(33)35-9-2)15(6)20(37-21)24(34)36-10-3/h11H,8-10,12H2,1-7H3,(H,27,31). The van der Waals surface area contributed by atoms with Crippen LogP contribution in [-0.4, -0.2) is 50.4 Å². The largest absolute Gasteiger partial charge is 0.462 e. The number of aryl methyl sites for hydroxylation is 3. The van der Waals surface area contributed by atoms with Crippen molar-refractivity contribution >= 4 is 34.2 Å². The monoisotopic (exact) mass is 529 g/mol. The lowest BCUT2D eigenvalue weighted by molar-refractivity contribution is -0.116. The summed E-state index contributed by atoms with van der Waals surface area (Å²) in [6.07, 6.45) is 0.441. The number of esters is 2. The molecule has 0 bridgehead atoms. The lowest BCUT2D eigenvalue weighted by Gasteiger charge is -2.16. The molecule has 0 unspecified atom stereocenters. The summed E-state index contributed by atoms with van der Waals surface area (Å²) >= 11 is 0.920. The highest BCUT2D eigenvalue weighted by atomic mass is 32.1. The molecule has 0 spiro atoms. The fourth-order valence-electron chi connectivity index (χ4n) is 3.98. The summed E-state index contributed by atoms with van der Waals surface area (Å²) in [7, 11) is 0. The summed E-state index contributed by atoms with van der Waals surface area (Å²) in [5.74, 6) is -1.65. The van der Waals surface area contributed by atoms with Crippen LogP contribution in [0.3, 0.4) is 0 Å². The van der Waals surface area contributed by atoms with Crippen molar-refractivity contribution in [3.63, 3.8) is 0 Å². The molecule has 0 radical (unpaired) electrons. The van der Waals surface area contributed by atoms with Gasteiger partial charge in [0.05, 0.1) is 30.2 Å². The number of carbonyl (C=O) groups excluding carboxylic acids is 3. The average molecular weight is 530 g/mol. The number of carbonyl (C=O) groups is 3. The number of amides is 1. The zero-order valence-corrected chi connectivity index (χ0v) is 22.9. The summed E-state index contributed by atoms with van der Waals surface area (Å²) in [4.78, 5) is 56.5. The van der Waals surface area contributed by atoms with E-state index in [-0.39, 0.29) is 46.7 Å². The molecule has 0 saturated heterocycles. The van der Waals surface area contributed by atoms with E-state index in [1.807, 2.05) is 26.8 Å². The van der Waals surface area contributed by atoms with E-state index < -0.39 is 17.8 Å². The molecule has 0 aliphatic rings. The first kappa shape index (κ1) is 27.8. The zero-order chi connectivity index (χ0) is 27.4. The zero-order valence-electron chi connectivity index (χ0n) is 22.1. The van der Waals surface area contributed by atoms with Crippen molar-refractivity contribution in [3.05, 3.63) is 55.1 Å². The van der Waals surface area contributed by atoms with Crippen LogP contribution in [0.5, 0.6) is 0 Å². The molecule has 198 valence electrons. The maximum Gasteiger partial charge on any atom is 0.348 e. The van der Waals surface area contributed by atoms with E-state index in [1.165, 1.54) is 9.25 Å². The number of nitrogens with one attached hydrogen (secondary N) is 1. The van der Waals surface area contributed by atoms with Gasteiger partial charge in [0.15, 0.2) is 0 Å². The summed E-state index contributed by atoms with van der Waals surface area (Å²) in [5, 5.41) is 7.26. The Morgan fingerprint density at radius 3 is 2.24 bits per heavy atom. The van der Waals surface area contributed by atoms with Crippen LogP contribution >= 0.6 is 11.3 Å². The van der Waals surface area contributed by atoms with Crippen molar-refractivity contribution in [2.75, 3.05) is 18.5 Å². The summed E-state index contributed by atoms with van der Waals surface area (Å²) in [6.45, 7) is 12.1. The van der Waals surface area contributed by atoms with E-state index in [9.17, 15) is 19.2 Å². The van der Waals surface area contributed by atoms with E-state index in [4.69, 9.17) is 9.47 Å².